The molecule has 1 aliphatic rings. The van der Waals surface area contributed by atoms with Gasteiger partial charge in [0.15, 0.2) is 0 Å². The Labute approximate surface area is 98.9 Å². The van der Waals surface area contributed by atoms with Crippen molar-refractivity contribution < 1.29 is 10.2 Å². The van der Waals surface area contributed by atoms with Gasteiger partial charge in [-0.2, -0.15) is 0 Å². The van der Waals surface area contributed by atoms with Crippen molar-refractivity contribution in [3.8, 4) is 0 Å². The zero-order valence-corrected chi connectivity index (χ0v) is 10.6. The van der Waals surface area contributed by atoms with Crippen molar-refractivity contribution in [1.29, 1.82) is 0 Å². The lowest BCUT2D eigenvalue weighted by atomic mass is 9.97. The number of rotatable bonds is 6. The lowest BCUT2D eigenvalue weighted by molar-refractivity contribution is 0.0893. The van der Waals surface area contributed by atoms with Crippen molar-refractivity contribution in [2.75, 3.05) is 46.9 Å². The second-order valence-electron chi connectivity index (χ2n) is 5.06. The first-order valence-corrected chi connectivity index (χ1v) is 6.28. The molecule has 96 valence electrons. The number of hydrogen-bond acceptors (Lipinski definition) is 4. The third kappa shape index (κ3) is 4.37. The summed E-state index contributed by atoms with van der Waals surface area (Å²) in [7, 11) is 4.22. The smallest absolute Gasteiger partial charge is 0.0587 e. The highest BCUT2D eigenvalue weighted by Gasteiger charge is 2.21. The van der Waals surface area contributed by atoms with Gasteiger partial charge in [0.1, 0.15) is 0 Å². The topological polar surface area (TPSA) is 46.9 Å². The normalized spacial score (nSPS) is 24.9. The van der Waals surface area contributed by atoms with Crippen molar-refractivity contribution in [3.63, 3.8) is 0 Å². The van der Waals surface area contributed by atoms with Gasteiger partial charge in [-0.3, -0.25) is 0 Å². The van der Waals surface area contributed by atoms with Gasteiger partial charge >= 0.3 is 0 Å². The maximum absolute atomic E-state index is 9.25. The van der Waals surface area contributed by atoms with Gasteiger partial charge in [0.2, 0.25) is 0 Å². The molecule has 0 spiro atoms. The number of likely N-dealkylation sites (tertiary alicyclic amines) is 1. The summed E-state index contributed by atoms with van der Waals surface area (Å²) in [5.74, 6) is 0.705. The quantitative estimate of drug-likeness (QED) is 0.674. The predicted molar refractivity (Wildman–Crippen MR) is 65.4 cm³/mol. The average molecular weight is 230 g/mol. The Morgan fingerprint density at radius 2 is 2.19 bits per heavy atom. The minimum atomic E-state index is 0.109. The van der Waals surface area contributed by atoms with E-state index in [0.717, 1.165) is 13.1 Å². The molecule has 0 aromatic rings. The van der Waals surface area contributed by atoms with E-state index in [2.05, 4.69) is 16.8 Å². The maximum atomic E-state index is 9.25. The van der Waals surface area contributed by atoms with E-state index in [0.29, 0.717) is 12.3 Å². The summed E-state index contributed by atoms with van der Waals surface area (Å²) >= 11 is 0. The van der Waals surface area contributed by atoms with Gasteiger partial charge in [-0.15, -0.1) is 0 Å². The SMILES string of the molecule is CN1CCCC(CN(C)C(CO)CCO)C1. The first-order valence-electron chi connectivity index (χ1n) is 6.28. The lowest BCUT2D eigenvalue weighted by Crippen LogP contribution is -2.43. The van der Waals surface area contributed by atoms with Crippen LogP contribution in [0.1, 0.15) is 19.3 Å². The summed E-state index contributed by atoms with van der Waals surface area (Å²) in [5.41, 5.74) is 0. The van der Waals surface area contributed by atoms with E-state index in [-0.39, 0.29) is 19.3 Å². The molecule has 4 heteroatoms. The molecular weight excluding hydrogens is 204 g/mol. The molecule has 1 fully saturated rings. The van der Waals surface area contributed by atoms with Crippen LogP contribution in [0.5, 0.6) is 0 Å². The van der Waals surface area contributed by atoms with Crippen LogP contribution in [0.4, 0.5) is 0 Å². The predicted octanol–water partition coefficient (Wildman–Crippen LogP) is 0.00330. The first kappa shape index (κ1) is 13.9. The highest BCUT2D eigenvalue weighted by atomic mass is 16.3. The Hall–Kier alpha value is -0.160. The summed E-state index contributed by atoms with van der Waals surface area (Å²) in [6, 6.07) is 0.109. The van der Waals surface area contributed by atoms with Gasteiger partial charge in [0.25, 0.3) is 0 Å². The standard InChI is InChI=1S/C12H26N2O2/c1-13-6-3-4-11(8-13)9-14(2)12(10-16)5-7-15/h11-12,15-16H,3-10H2,1-2H3. The van der Waals surface area contributed by atoms with Gasteiger partial charge in [0.05, 0.1) is 6.61 Å². The van der Waals surface area contributed by atoms with Crippen molar-refractivity contribution >= 4 is 0 Å². The molecule has 0 saturated carbocycles. The monoisotopic (exact) mass is 230 g/mol. The molecule has 0 aromatic carbocycles. The molecule has 0 aliphatic carbocycles. The maximum Gasteiger partial charge on any atom is 0.0587 e. The Balaban J connectivity index is 2.33. The van der Waals surface area contributed by atoms with Crippen LogP contribution < -0.4 is 0 Å². The van der Waals surface area contributed by atoms with Crippen LogP contribution in [-0.4, -0.2) is 73.0 Å². The molecule has 1 saturated heterocycles. The first-order chi connectivity index (χ1) is 7.67. The van der Waals surface area contributed by atoms with Crippen LogP contribution in [0.3, 0.4) is 0 Å². The summed E-state index contributed by atoms with van der Waals surface area (Å²) in [6.07, 6.45) is 3.22. The number of nitrogens with zero attached hydrogens (tertiary/aromatic N) is 2. The minimum absolute atomic E-state index is 0.109. The van der Waals surface area contributed by atoms with Crippen molar-refractivity contribution in [2.24, 2.45) is 5.92 Å². The number of aliphatic hydroxyl groups excluding tert-OH is 2. The largest absolute Gasteiger partial charge is 0.396 e. The molecular formula is C12H26N2O2. The molecule has 2 unspecified atom stereocenters. The fourth-order valence-electron chi connectivity index (χ4n) is 2.58. The Morgan fingerprint density at radius 3 is 2.75 bits per heavy atom. The van der Waals surface area contributed by atoms with Gasteiger partial charge < -0.3 is 20.0 Å². The molecule has 0 aromatic heterocycles. The molecule has 1 aliphatic heterocycles. The molecule has 0 bridgehead atoms. The van der Waals surface area contributed by atoms with Crippen LogP contribution in [0.25, 0.3) is 0 Å². The van der Waals surface area contributed by atoms with Gasteiger partial charge in [0, 0.05) is 25.7 Å². The van der Waals surface area contributed by atoms with Crippen molar-refractivity contribution in [3.05, 3.63) is 0 Å². The summed E-state index contributed by atoms with van der Waals surface area (Å²) in [6.45, 7) is 3.68. The molecule has 4 nitrogen and oxygen atoms in total. The van der Waals surface area contributed by atoms with E-state index < -0.39 is 0 Å². The van der Waals surface area contributed by atoms with Crippen LogP contribution >= 0.6 is 0 Å². The molecule has 2 N–H and O–H groups in total. The van der Waals surface area contributed by atoms with E-state index in [1.165, 1.54) is 19.4 Å². The summed E-state index contributed by atoms with van der Waals surface area (Å²) in [5, 5.41) is 18.2. The fourth-order valence-corrected chi connectivity index (χ4v) is 2.58. The van der Waals surface area contributed by atoms with E-state index >= 15 is 0 Å². The van der Waals surface area contributed by atoms with Crippen LogP contribution in [-0.2, 0) is 0 Å². The molecule has 2 atom stereocenters. The fraction of sp³-hybridized carbons (Fsp3) is 1.00. The number of piperidine rings is 1. The molecule has 16 heavy (non-hydrogen) atoms. The molecule has 0 radical (unpaired) electrons. The molecule has 1 rings (SSSR count). The second-order valence-corrected chi connectivity index (χ2v) is 5.06. The number of hydrogen-bond donors (Lipinski definition) is 2. The highest BCUT2D eigenvalue weighted by molar-refractivity contribution is 4.76. The van der Waals surface area contributed by atoms with Crippen LogP contribution in [0.2, 0.25) is 0 Å². The second kappa shape index (κ2) is 7.22. The van der Waals surface area contributed by atoms with Gasteiger partial charge in [-0.1, -0.05) is 0 Å². The van der Waals surface area contributed by atoms with Crippen LogP contribution in [0, 0.1) is 5.92 Å². The zero-order valence-electron chi connectivity index (χ0n) is 10.6. The van der Waals surface area contributed by atoms with Crippen LogP contribution in [0.15, 0.2) is 0 Å². The number of likely N-dealkylation sites (N-methyl/N-ethyl adjacent to an activating group) is 1. The number of aliphatic hydroxyl groups is 2. The third-order valence-electron chi connectivity index (χ3n) is 3.56. The van der Waals surface area contributed by atoms with Gasteiger partial charge in [-0.25, -0.2) is 0 Å². The summed E-state index contributed by atoms with van der Waals surface area (Å²) in [4.78, 5) is 4.57. The Morgan fingerprint density at radius 1 is 1.44 bits per heavy atom. The van der Waals surface area contributed by atoms with E-state index in [1.807, 2.05) is 7.05 Å². The van der Waals surface area contributed by atoms with Gasteiger partial charge in [-0.05, 0) is 45.8 Å². The van der Waals surface area contributed by atoms with Crippen molar-refractivity contribution in [2.45, 2.75) is 25.3 Å². The van der Waals surface area contributed by atoms with Crippen molar-refractivity contribution in [1.82, 2.24) is 9.80 Å². The van der Waals surface area contributed by atoms with E-state index in [9.17, 15) is 5.11 Å². The Kier molecular flexibility index (Phi) is 6.28. The molecule has 0 amide bonds. The average Bonchev–Trinajstić information content (AvgIpc) is 2.25. The lowest BCUT2D eigenvalue weighted by Gasteiger charge is -2.35. The minimum Gasteiger partial charge on any atom is -0.396 e. The Bertz CT molecular complexity index is 190. The zero-order chi connectivity index (χ0) is 12.0. The van der Waals surface area contributed by atoms with E-state index in [4.69, 9.17) is 5.11 Å². The third-order valence-corrected chi connectivity index (χ3v) is 3.56. The molecule has 1 heterocycles. The van der Waals surface area contributed by atoms with E-state index in [1.54, 1.807) is 0 Å². The highest BCUT2D eigenvalue weighted by Crippen LogP contribution is 2.17. The summed E-state index contributed by atoms with van der Waals surface area (Å²) < 4.78 is 0.